The molecule has 1 N–H and O–H groups in total. The Bertz CT molecular complexity index is 699. The smallest absolute Gasteiger partial charge is 0.134 e. The molecule has 2 nitrogen and oxygen atoms in total. The van der Waals surface area contributed by atoms with Crippen LogP contribution in [-0.4, -0.2) is 4.98 Å². The first kappa shape index (κ1) is 11.7. The molecule has 0 bridgehead atoms. The van der Waals surface area contributed by atoms with E-state index in [1.807, 2.05) is 24.4 Å². The SMILES string of the molecule is Cc1cccc(CNc2nccc3ccccc23)c1. The fourth-order valence-corrected chi connectivity index (χ4v) is 2.27. The van der Waals surface area contributed by atoms with Gasteiger partial charge in [0.2, 0.25) is 0 Å². The van der Waals surface area contributed by atoms with E-state index in [4.69, 9.17) is 0 Å². The van der Waals surface area contributed by atoms with E-state index in [1.54, 1.807) is 0 Å². The molecular formula is C17H16N2. The molecule has 0 aliphatic heterocycles. The van der Waals surface area contributed by atoms with Crippen LogP contribution in [0.3, 0.4) is 0 Å². The van der Waals surface area contributed by atoms with Gasteiger partial charge in [0.05, 0.1) is 0 Å². The van der Waals surface area contributed by atoms with Crippen molar-refractivity contribution in [3.05, 3.63) is 71.9 Å². The largest absolute Gasteiger partial charge is 0.365 e. The van der Waals surface area contributed by atoms with Crippen LogP contribution in [-0.2, 0) is 6.54 Å². The molecule has 2 heteroatoms. The number of hydrogen-bond acceptors (Lipinski definition) is 2. The first-order valence-electron chi connectivity index (χ1n) is 6.46. The highest BCUT2D eigenvalue weighted by atomic mass is 15.0. The summed E-state index contributed by atoms with van der Waals surface area (Å²) in [6.07, 6.45) is 1.85. The molecule has 3 aromatic rings. The highest BCUT2D eigenvalue weighted by Gasteiger charge is 2.01. The van der Waals surface area contributed by atoms with E-state index < -0.39 is 0 Å². The summed E-state index contributed by atoms with van der Waals surface area (Å²) in [5.74, 6) is 0.944. The second kappa shape index (κ2) is 5.11. The molecule has 2 aromatic carbocycles. The molecule has 3 rings (SSSR count). The summed E-state index contributed by atoms with van der Waals surface area (Å²) >= 11 is 0. The predicted molar refractivity (Wildman–Crippen MR) is 80.2 cm³/mol. The minimum Gasteiger partial charge on any atom is -0.365 e. The van der Waals surface area contributed by atoms with Gasteiger partial charge < -0.3 is 5.32 Å². The van der Waals surface area contributed by atoms with Gasteiger partial charge >= 0.3 is 0 Å². The third kappa shape index (κ3) is 2.58. The van der Waals surface area contributed by atoms with E-state index in [2.05, 4.69) is 53.6 Å². The van der Waals surface area contributed by atoms with Crippen molar-refractivity contribution in [2.75, 3.05) is 5.32 Å². The van der Waals surface area contributed by atoms with Crippen LogP contribution < -0.4 is 5.32 Å². The number of nitrogens with one attached hydrogen (secondary N) is 1. The highest BCUT2D eigenvalue weighted by molar-refractivity contribution is 5.91. The molecule has 0 atom stereocenters. The van der Waals surface area contributed by atoms with Crippen molar-refractivity contribution in [3.63, 3.8) is 0 Å². The Labute approximate surface area is 113 Å². The number of aryl methyl sites for hydroxylation is 1. The maximum atomic E-state index is 4.43. The van der Waals surface area contributed by atoms with Crippen LogP contribution >= 0.6 is 0 Å². The quantitative estimate of drug-likeness (QED) is 0.753. The van der Waals surface area contributed by atoms with Crippen molar-refractivity contribution < 1.29 is 0 Å². The van der Waals surface area contributed by atoms with Crippen LogP contribution in [0.5, 0.6) is 0 Å². The Morgan fingerprint density at radius 2 is 1.89 bits per heavy atom. The van der Waals surface area contributed by atoms with Crippen LogP contribution in [0.15, 0.2) is 60.8 Å². The van der Waals surface area contributed by atoms with Crippen molar-refractivity contribution in [1.29, 1.82) is 0 Å². The number of pyridine rings is 1. The lowest BCUT2D eigenvalue weighted by Crippen LogP contribution is -2.01. The van der Waals surface area contributed by atoms with Crippen LogP contribution in [0.2, 0.25) is 0 Å². The fraction of sp³-hybridized carbons (Fsp3) is 0.118. The van der Waals surface area contributed by atoms with Crippen LogP contribution in [0, 0.1) is 6.92 Å². The summed E-state index contributed by atoms with van der Waals surface area (Å²) in [6.45, 7) is 2.91. The molecule has 0 saturated heterocycles. The van der Waals surface area contributed by atoms with Crippen LogP contribution in [0.25, 0.3) is 10.8 Å². The zero-order valence-electron chi connectivity index (χ0n) is 10.9. The zero-order valence-corrected chi connectivity index (χ0v) is 10.9. The Kier molecular flexibility index (Phi) is 3.15. The van der Waals surface area contributed by atoms with E-state index in [-0.39, 0.29) is 0 Å². The van der Waals surface area contributed by atoms with Gasteiger partial charge in [-0.2, -0.15) is 0 Å². The lowest BCUT2D eigenvalue weighted by atomic mass is 10.1. The fourth-order valence-electron chi connectivity index (χ4n) is 2.27. The number of aromatic nitrogens is 1. The van der Waals surface area contributed by atoms with E-state index >= 15 is 0 Å². The molecule has 94 valence electrons. The van der Waals surface area contributed by atoms with Crippen molar-refractivity contribution in [1.82, 2.24) is 4.98 Å². The van der Waals surface area contributed by atoms with Gasteiger partial charge in [-0.25, -0.2) is 4.98 Å². The number of hydrogen-bond donors (Lipinski definition) is 1. The van der Waals surface area contributed by atoms with E-state index in [0.29, 0.717) is 0 Å². The molecule has 0 fully saturated rings. The predicted octanol–water partition coefficient (Wildman–Crippen LogP) is 4.16. The van der Waals surface area contributed by atoms with Gasteiger partial charge in [0.1, 0.15) is 5.82 Å². The summed E-state index contributed by atoms with van der Waals surface area (Å²) in [4.78, 5) is 4.43. The monoisotopic (exact) mass is 248 g/mol. The normalized spacial score (nSPS) is 10.6. The highest BCUT2D eigenvalue weighted by Crippen LogP contribution is 2.20. The maximum Gasteiger partial charge on any atom is 0.134 e. The molecule has 0 saturated carbocycles. The maximum absolute atomic E-state index is 4.43. The van der Waals surface area contributed by atoms with Gasteiger partial charge in [0.25, 0.3) is 0 Å². The van der Waals surface area contributed by atoms with Crippen molar-refractivity contribution in [2.45, 2.75) is 13.5 Å². The topological polar surface area (TPSA) is 24.9 Å². The average Bonchev–Trinajstić information content (AvgIpc) is 2.45. The number of rotatable bonds is 3. The lowest BCUT2D eigenvalue weighted by Gasteiger charge is -2.09. The van der Waals surface area contributed by atoms with Gasteiger partial charge in [-0.05, 0) is 23.9 Å². The van der Waals surface area contributed by atoms with Gasteiger partial charge in [-0.1, -0.05) is 54.1 Å². The molecule has 0 unspecified atom stereocenters. The van der Waals surface area contributed by atoms with Crippen molar-refractivity contribution in [3.8, 4) is 0 Å². The lowest BCUT2D eigenvalue weighted by molar-refractivity contribution is 1.11. The number of benzene rings is 2. The summed E-state index contributed by atoms with van der Waals surface area (Å²) in [5.41, 5.74) is 2.56. The molecular weight excluding hydrogens is 232 g/mol. The van der Waals surface area contributed by atoms with E-state index in [1.165, 1.54) is 16.5 Å². The summed E-state index contributed by atoms with van der Waals surface area (Å²) in [5, 5.41) is 5.80. The van der Waals surface area contributed by atoms with Crippen molar-refractivity contribution in [2.24, 2.45) is 0 Å². The minimum absolute atomic E-state index is 0.794. The second-order valence-corrected chi connectivity index (χ2v) is 4.72. The summed E-state index contributed by atoms with van der Waals surface area (Å²) in [6, 6.07) is 18.9. The molecule has 1 heterocycles. The first-order valence-corrected chi connectivity index (χ1v) is 6.46. The number of nitrogens with zero attached hydrogens (tertiary/aromatic N) is 1. The Hall–Kier alpha value is -2.35. The average molecular weight is 248 g/mol. The summed E-state index contributed by atoms with van der Waals surface area (Å²) in [7, 11) is 0. The summed E-state index contributed by atoms with van der Waals surface area (Å²) < 4.78 is 0. The van der Waals surface area contributed by atoms with Crippen molar-refractivity contribution >= 4 is 16.6 Å². The Morgan fingerprint density at radius 3 is 2.79 bits per heavy atom. The molecule has 1 aromatic heterocycles. The first-order chi connectivity index (χ1) is 9.33. The zero-order chi connectivity index (χ0) is 13.1. The molecule has 0 amide bonds. The van der Waals surface area contributed by atoms with E-state index in [9.17, 15) is 0 Å². The molecule has 0 radical (unpaired) electrons. The second-order valence-electron chi connectivity index (χ2n) is 4.72. The molecule has 0 aliphatic carbocycles. The van der Waals surface area contributed by atoms with Crippen LogP contribution in [0.4, 0.5) is 5.82 Å². The third-order valence-corrected chi connectivity index (χ3v) is 3.22. The van der Waals surface area contributed by atoms with Gasteiger partial charge in [-0.3, -0.25) is 0 Å². The number of fused-ring (bicyclic) bond motifs is 1. The third-order valence-electron chi connectivity index (χ3n) is 3.22. The van der Waals surface area contributed by atoms with E-state index in [0.717, 1.165) is 17.7 Å². The molecule has 0 spiro atoms. The number of anilines is 1. The van der Waals surface area contributed by atoms with Gasteiger partial charge in [0, 0.05) is 18.1 Å². The Balaban J connectivity index is 1.86. The standard InChI is InChI=1S/C17H16N2/c1-13-5-4-6-14(11-13)12-19-17-16-8-3-2-7-15(16)9-10-18-17/h2-11H,12H2,1H3,(H,18,19). The van der Waals surface area contributed by atoms with Gasteiger partial charge in [0.15, 0.2) is 0 Å². The molecule has 0 aliphatic rings. The Morgan fingerprint density at radius 1 is 1.00 bits per heavy atom. The minimum atomic E-state index is 0.794. The molecule has 19 heavy (non-hydrogen) atoms. The van der Waals surface area contributed by atoms with Gasteiger partial charge in [-0.15, -0.1) is 0 Å². The van der Waals surface area contributed by atoms with Crippen LogP contribution in [0.1, 0.15) is 11.1 Å².